The van der Waals surface area contributed by atoms with E-state index in [1.54, 1.807) is 54.6 Å². The summed E-state index contributed by atoms with van der Waals surface area (Å²) in [4.78, 5) is 38.3. The molecule has 3 aromatic carbocycles. The standard InChI is InChI=1S/C23H19N3O4/c27-21-15-20(24-25-22(28)16-7-3-1-4-8-16)23(29)26(21)17-11-13-19(14-12-17)30-18-9-5-2-6-10-18/h1-14,20,24H,15H2,(H,25,28)/t20-/m1/s1. The van der Waals surface area contributed by atoms with Crippen LogP contribution in [0.5, 0.6) is 11.5 Å². The second-order valence-corrected chi connectivity index (χ2v) is 6.70. The summed E-state index contributed by atoms with van der Waals surface area (Å²) in [6.45, 7) is 0. The lowest BCUT2D eigenvalue weighted by molar-refractivity contribution is -0.121. The molecule has 0 bridgehead atoms. The average molecular weight is 401 g/mol. The van der Waals surface area contributed by atoms with Gasteiger partial charge < -0.3 is 4.74 Å². The first-order chi connectivity index (χ1) is 14.6. The molecule has 4 rings (SSSR count). The third-order valence-electron chi connectivity index (χ3n) is 4.62. The maximum atomic E-state index is 12.7. The van der Waals surface area contributed by atoms with Crippen molar-refractivity contribution in [2.24, 2.45) is 0 Å². The predicted molar refractivity (Wildman–Crippen MR) is 111 cm³/mol. The minimum absolute atomic E-state index is 0.0455. The molecule has 1 aliphatic rings. The minimum Gasteiger partial charge on any atom is -0.457 e. The van der Waals surface area contributed by atoms with E-state index in [4.69, 9.17) is 4.74 Å². The number of rotatable bonds is 6. The maximum Gasteiger partial charge on any atom is 0.265 e. The van der Waals surface area contributed by atoms with Gasteiger partial charge in [0.1, 0.15) is 17.5 Å². The second-order valence-electron chi connectivity index (χ2n) is 6.70. The van der Waals surface area contributed by atoms with Gasteiger partial charge in [-0.2, -0.15) is 0 Å². The molecular formula is C23H19N3O4. The molecule has 30 heavy (non-hydrogen) atoms. The van der Waals surface area contributed by atoms with Gasteiger partial charge in [-0.25, -0.2) is 10.3 Å². The fourth-order valence-corrected chi connectivity index (χ4v) is 3.12. The average Bonchev–Trinajstić information content (AvgIpc) is 3.07. The summed E-state index contributed by atoms with van der Waals surface area (Å²) >= 11 is 0. The Labute approximate surface area is 173 Å². The molecule has 0 aromatic heterocycles. The molecule has 0 aliphatic carbocycles. The smallest absolute Gasteiger partial charge is 0.265 e. The highest BCUT2D eigenvalue weighted by molar-refractivity contribution is 6.22. The van der Waals surface area contributed by atoms with Crippen LogP contribution in [-0.2, 0) is 9.59 Å². The van der Waals surface area contributed by atoms with E-state index in [9.17, 15) is 14.4 Å². The van der Waals surface area contributed by atoms with Crippen LogP contribution in [0.3, 0.4) is 0 Å². The van der Waals surface area contributed by atoms with E-state index in [1.165, 1.54) is 0 Å². The van der Waals surface area contributed by atoms with Crippen LogP contribution in [0, 0.1) is 0 Å². The van der Waals surface area contributed by atoms with E-state index >= 15 is 0 Å². The number of hydrogen-bond donors (Lipinski definition) is 2. The van der Waals surface area contributed by atoms with Crippen LogP contribution >= 0.6 is 0 Å². The van der Waals surface area contributed by atoms with Crippen molar-refractivity contribution in [2.45, 2.75) is 12.5 Å². The number of ether oxygens (including phenoxy) is 1. The summed E-state index contributed by atoms with van der Waals surface area (Å²) in [5, 5.41) is 0. The van der Waals surface area contributed by atoms with Gasteiger partial charge in [0.05, 0.1) is 12.1 Å². The molecule has 0 saturated carbocycles. The predicted octanol–water partition coefficient (Wildman–Crippen LogP) is 3.05. The summed E-state index contributed by atoms with van der Waals surface area (Å²) in [5.41, 5.74) is 6.06. The van der Waals surface area contributed by atoms with Crippen LogP contribution in [0.15, 0.2) is 84.9 Å². The Morgan fingerprint density at radius 1 is 0.833 bits per heavy atom. The first kappa shape index (κ1) is 19.4. The molecule has 3 aromatic rings. The van der Waals surface area contributed by atoms with E-state index in [0.29, 0.717) is 22.7 Å². The largest absolute Gasteiger partial charge is 0.457 e. The lowest BCUT2D eigenvalue weighted by Gasteiger charge is -2.16. The molecular weight excluding hydrogens is 382 g/mol. The van der Waals surface area contributed by atoms with Gasteiger partial charge in [-0.1, -0.05) is 36.4 Å². The van der Waals surface area contributed by atoms with Crippen LogP contribution in [-0.4, -0.2) is 23.8 Å². The number of amides is 3. The third-order valence-corrected chi connectivity index (χ3v) is 4.62. The van der Waals surface area contributed by atoms with E-state index in [2.05, 4.69) is 10.9 Å². The van der Waals surface area contributed by atoms with Crippen molar-refractivity contribution < 1.29 is 19.1 Å². The number of nitrogens with zero attached hydrogens (tertiary/aromatic N) is 1. The third kappa shape index (κ3) is 4.21. The lowest BCUT2D eigenvalue weighted by atomic mass is 10.2. The molecule has 1 aliphatic heterocycles. The molecule has 2 N–H and O–H groups in total. The van der Waals surface area contributed by atoms with Crippen molar-refractivity contribution in [1.29, 1.82) is 0 Å². The fourth-order valence-electron chi connectivity index (χ4n) is 3.12. The van der Waals surface area contributed by atoms with E-state index in [1.807, 2.05) is 30.3 Å². The normalized spacial score (nSPS) is 15.9. The van der Waals surface area contributed by atoms with Crippen molar-refractivity contribution in [3.63, 3.8) is 0 Å². The number of nitrogens with one attached hydrogen (secondary N) is 2. The summed E-state index contributed by atoms with van der Waals surface area (Å²) in [6.07, 6.45) is -0.0455. The molecule has 0 radical (unpaired) electrons. The van der Waals surface area contributed by atoms with Gasteiger partial charge >= 0.3 is 0 Å². The first-order valence-corrected chi connectivity index (χ1v) is 9.42. The Balaban J connectivity index is 1.39. The number of hydrazine groups is 1. The molecule has 0 unspecified atom stereocenters. The van der Waals surface area contributed by atoms with E-state index in [-0.39, 0.29) is 18.2 Å². The first-order valence-electron chi connectivity index (χ1n) is 9.42. The Bertz CT molecular complexity index is 1050. The minimum atomic E-state index is -0.828. The van der Waals surface area contributed by atoms with Gasteiger partial charge in [0.25, 0.3) is 11.8 Å². The van der Waals surface area contributed by atoms with E-state index < -0.39 is 11.9 Å². The zero-order valence-electron chi connectivity index (χ0n) is 15.9. The van der Waals surface area contributed by atoms with Gasteiger partial charge in [0.15, 0.2) is 0 Å². The van der Waals surface area contributed by atoms with Gasteiger partial charge in [0.2, 0.25) is 5.91 Å². The maximum absolute atomic E-state index is 12.7. The van der Waals surface area contributed by atoms with Crippen molar-refractivity contribution in [2.75, 3.05) is 4.90 Å². The van der Waals surface area contributed by atoms with Crippen LogP contribution in [0.25, 0.3) is 0 Å². The molecule has 7 heteroatoms. The summed E-state index contributed by atoms with van der Waals surface area (Å²) < 4.78 is 5.73. The highest BCUT2D eigenvalue weighted by Gasteiger charge is 2.39. The van der Waals surface area contributed by atoms with Crippen molar-refractivity contribution in [3.05, 3.63) is 90.5 Å². The zero-order valence-corrected chi connectivity index (χ0v) is 15.9. The Morgan fingerprint density at radius 2 is 1.43 bits per heavy atom. The van der Waals surface area contributed by atoms with Crippen LogP contribution in [0.2, 0.25) is 0 Å². The van der Waals surface area contributed by atoms with Crippen LogP contribution in [0.1, 0.15) is 16.8 Å². The molecule has 1 atom stereocenters. The molecule has 150 valence electrons. The monoisotopic (exact) mass is 401 g/mol. The van der Waals surface area contributed by atoms with Crippen molar-refractivity contribution in [1.82, 2.24) is 10.9 Å². The molecule has 1 fully saturated rings. The number of anilines is 1. The highest BCUT2D eigenvalue weighted by Crippen LogP contribution is 2.27. The summed E-state index contributed by atoms with van der Waals surface area (Å²) in [7, 11) is 0. The van der Waals surface area contributed by atoms with Crippen molar-refractivity contribution >= 4 is 23.4 Å². The highest BCUT2D eigenvalue weighted by atomic mass is 16.5. The molecule has 1 saturated heterocycles. The quantitative estimate of drug-likeness (QED) is 0.490. The summed E-state index contributed by atoms with van der Waals surface area (Å²) in [5.74, 6) is 0.135. The van der Waals surface area contributed by atoms with Gasteiger partial charge in [-0.15, -0.1) is 0 Å². The van der Waals surface area contributed by atoms with Crippen LogP contribution < -0.4 is 20.5 Å². The van der Waals surface area contributed by atoms with Crippen molar-refractivity contribution in [3.8, 4) is 11.5 Å². The molecule has 3 amide bonds. The van der Waals surface area contributed by atoms with E-state index in [0.717, 1.165) is 4.90 Å². The SMILES string of the molecule is O=C(NN[C@@H]1CC(=O)N(c2ccc(Oc3ccccc3)cc2)C1=O)c1ccccc1. The molecule has 1 heterocycles. The van der Waals surface area contributed by atoms with Crippen LogP contribution in [0.4, 0.5) is 5.69 Å². The number of imide groups is 1. The Kier molecular flexibility index (Phi) is 5.54. The topological polar surface area (TPSA) is 87.7 Å². The number of carbonyl (C=O) groups is 3. The Hall–Kier alpha value is -3.97. The summed E-state index contributed by atoms with van der Waals surface area (Å²) in [6, 6.07) is 23.8. The lowest BCUT2D eigenvalue weighted by Crippen LogP contribution is -2.48. The Morgan fingerprint density at radius 3 is 2.10 bits per heavy atom. The number of hydrogen-bond acceptors (Lipinski definition) is 5. The van der Waals surface area contributed by atoms with Gasteiger partial charge in [-0.3, -0.25) is 19.8 Å². The number of para-hydroxylation sites is 1. The van der Waals surface area contributed by atoms with Gasteiger partial charge in [-0.05, 0) is 48.5 Å². The van der Waals surface area contributed by atoms with Gasteiger partial charge in [0, 0.05) is 5.56 Å². The number of carbonyl (C=O) groups excluding carboxylic acids is 3. The molecule has 0 spiro atoms. The zero-order chi connectivity index (χ0) is 20.9. The number of benzene rings is 3. The second kappa shape index (κ2) is 8.59. The fraction of sp³-hybridized carbons (Fsp3) is 0.0870. The molecule has 7 nitrogen and oxygen atoms in total.